The van der Waals surface area contributed by atoms with Crippen LogP contribution in [0.3, 0.4) is 0 Å². The van der Waals surface area contributed by atoms with Crippen LogP contribution in [0.4, 0.5) is 11.4 Å². The number of rotatable bonds is 6. The van der Waals surface area contributed by atoms with Crippen molar-refractivity contribution >= 4 is 79.6 Å². The quantitative estimate of drug-likeness (QED) is 0.198. The van der Waals surface area contributed by atoms with Crippen LogP contribution in [0.25, 0.3) is 16.7 Å². The Bertz CT molecular complexity index is 2120. The Morgan fingerprint density at radius 2 is 1.48 bits per heavy atom. The van der Waals surface area contributed by atoms with Crippen LogP contribution in [0, 0.1) is 0 Å². The number of benzene rings is 3. The van der Waals surface area contributed by atoms with Gasteiger partial charge in [0.1, 0.15) is 0 Å². The number of hydrogen-bond donors (Lipinski definition) is 1. The Balaban J connectivity index is 1.12. The zero-order valence-corrected chi connectivity index (χ0v) is 37.8. The summed E-state index contributed by atoms with van der Waals surface area (Å²) in [5.74, 6) is 1.63. The van der Waals surface area contributed by atoms with Gasteiger partial charge in [-0.3, -0.25) is 0 Å². The van der Waals surface area contributed by atoms with Gasteiger partial charge < -0.3 is 0 Å². The fourth-order valence-electron chi connectivity index (χ4n) is 9.71. The molecule has 5 heterocycles. The Morgan fingerprint density at radius 3 is 2.23 bits per heavy atom. The number of aromatic hydroxyl groups is 1. The Morgan fingerprint density at radius 1 is 0.788 bits per heavy atom. The molecule has 9 rings (SSSR count). The molecule has 0 atom stereocenters. The molecule has 52 heavy (non-hydrogen) atoms. The van der Waals surface area contributed by atoms with Crippen LogP contribution in [-0.4, -0.2) is 82.8 Å². The molecule has 0 amide bonds. The van der Waals surface area contributed by atoms with Gasteiger partial charge in [0.2, 0.25) is 0 Å². The molecule has 260 valence electrons. The summed E-state index contributed by atoms with van der Waals surface area (Å²) in [6, 6.07) is 15.8. The first kappa shape index (κ1) is 34.9. The molecule has 0 fully saturated rings. The minimum absolute atomic E-state index is 0.510. The molecule has 3 aromatic rings. The van der Waals surface area contributed by atoms with E-state index in [2.05, 4.69) is 88.7 Å². The third kappa shape index (κ3) is 6.51. The van der Waals surface area contributed by atoms with Crippen molar-refractivity contribution in [2.75, 3.05) is 36.0 Å². The number of anilines is 2. The summed E-state index contributed by atoms with van der Waals surface area (Å²) in [6.07, 6.45) is 26.5. The van der Waals surface area contributed by atoms with Crippen LogP contribution < -0.4 is 14.5 Å². The molecular weight excluding hydrogens is 1030 g/mol. The van der Waals surface area contributed by atoms with Crippen molar-refractivity contribution in [1.82, 2.24) is 0 Å². The summed E-state index contributed by atoms with van der Waals surface area (Å²) in [5.41, 5.74) is 18.6. The first-order valence-electron chi connectivity index (χ1n) is 19.5. The van der Waals surface area contributed by atoms with Gasteiger partial charge >= 0.3 is 344 Å². The van der Waals surface area contributed by atoms with E-state index in [0.29, 0.717) is 5.75 Å². The van der Waals surface area contributed by atoms with Gasteiger partial charge in [-0.1, -0.05) is 0 Å². The Labute approximate surface area is 341 Å². The number of hydrogen-bond acceptors (Lipinski definition) is 4. The van der Waals surface area contributed by atoms with Crippen molar-refractivity contribution in [3.63, 3.8) is 0 Å². The number of phenolic OH excluding ortho intramolecular Hbond substituents is 1. The van der Waals surface area contributed by atoms with Crippen molar-refractivity contribution in [3.8, 4) is 11.5 Å². The predicted molar refractivity (Wildman–Crippen MR) is 218 cm³/mol. The summed E-state index contributed by atoms with van der Waals surface area (Å²) in [5, 5.41) is 11.8. The fraction of sp³-hybridized carbons (Fsp3) is 0.348. The van der Waals surface area contributed by atoms with Gasteiger partial charge in [-0.15, -0.1) is 0 Å². The van der Waals surface area contributed by atoms with Gasteiger partial charge in [-0.25, -0.2) is 0 Å². The number of allylic oxidation sites excluding steroid dienone is 11. The second kappa shape index (κ2) is 15.1. The van der Waals surface area contributed by atoms with Gasteiger partial charge in [0.25, 0.3) is 0 Å². The van der Waals surface area contributed by atoms with Crippen molar-refractivity contribution in [1.29, 1.82) is 0 Å². The molecule has 5 aliphatic heterocycles. The van der Waals surface area contributed by atoms with Gasteiger partial charge in [-0.05, 0) is 0 Å². The SMILES string of the molecule is Oc1c(C(=C\[CH2][Pb])/C=C/C2=C(c3ccccc3)C(=C/C=C3\C=[C]([Pb])Oc4c3cc3c5c4CCCN5CCC3)/CCC2)cc2c3c1CCCN3CCC2. The van der Waals surface area contributed by atoms with E-state index in [9.17, 15) is 5.11 Å². The molecule has 6 aliphatic rings. The zero-order valence-electron chi connectivity index (χ0n) is 30.1. The van der Waals surface area contributed by atoms with E-state index in [4.69, 9.17) is 4.74 Å². The average molecular weight is 1070 g/mol. The predicted octanol–water partition coefficient (Wildman–Crippen LogP) is 9.37. The van der Waals surface area contributed by atoms with Crippen molar-refractivity contribution < 1.29 is 9.84 Å². The standard InChI is InChI=1S/C46H46N2O2.2Pb/c1-2-31(40-29-36-15-7-24-47-26-9-17-38(43(36)47)45(40)49)19-21-34-13-6-14-35(42(34)33-11-4-3-5-12-33)22-20-32-23-28-50-46-39-18-10-27-48-25-8-16-37(44(39)48)30-41(32)46;;/h2-5,11-12,19-23,29-30,49H,1,6-10,13-18,24-27H2;;/b21-19+,31-2-,32-20+,35-22+;;. The summed E-state index contributed by atoms with van der Waals surface area (Å²) in [6.45, 7) is 4.58. The summed E-state index contributed by atoms with van der Waals surface area (Å²) < 4.78 is 8.77. The monoisotopic (exact) mass is 1070 g/mol. The summed E-state index contributed by atoms with van der Waals surface area (Å²) in [7, 11) is 0. The molecule has 4 nitrogen and oxygen atoms in total. The second-order valence-electron chi connectivity index (χ2n) is 15.1. The number of nitrogens with zero attached hydrogens (tertiary/aromatic N) is 2. The number of aryl methyl sites for hydroxylation is 2. The van der Waals surface area contributed by atoms with Crippen molar-refractivity contribution in [3.05, 3.63) is 132 Å². The summed E-state index contributed by atoms with van der Waals surface area (Å²) >= 11 is 1.98. The van der Waals surface area contributed by atoms with Crippen LogP contribution in [0.1, 0.15) is 83.9 Å². The van der Waals surface area contributed by atoms with Gasteiger partial charge in [0.05, 0.1) is 0 Å². The maximum atomic E-state index is 11.8. The molecule has 0 aromatic heterocycles. The molecular formula is C46H46N2O2Pb2. The molecule has 6 radical (unpaired) electrons. The number of fused-ring (bicyclic) bond motifs is 2. The van der Waals surface area contributed by atoms with E-state index in [1.165, 1.54) is 105 Å². The number of phenols is 1. The van der Waals surface area contributed by atoms with Gasteiger partial charge in [-0.2, -0.15) is 0 Å². The fourth-order valence-corrected chi connectivity index (χ4v) is 11.6. The molecule has 6 heteroatoms. The van der Waals surface area contributed by atoms with Crippen molar-refractivity contribution in [2.24, 2.45) is 0 Å². The summed E-state index contributed by atoms with van der Waals surface area (Å²) in [4.78, 5) is 5.14. The molecule has 3 aromatic carbocycles. The van der Waals surface area contributed by atoms with Crippen LogP contribution in [0.5, 0.6) is 11.5 Å². The van der Waals surface area contributed by atoms with E-state index in [1.807, 2.05) is 0 Å². The first-order chi connectivity index (χ1) is 25.6. The van der Waals surface area contributed by atoms with E-state index >= 15 is 0 Å². The van der Waals surface area contributed by atoms with E-state index in [0.717, 1.165) is 135 Å². The molecule has 0 spiro atoms. The Kier molecular flexibility index (Phi) is 10.1. The zero-order chi connectivity index (χ0) is 35.2. The minimum atomic E-state index is 0.510. The van der Waals surface area contributed by atoms with Crippen molar-refractivity contribution in [2.45, 2.75) is 74.6 Å². The van der Waals surface area contributed by atoms with E-state index in [1.54, 1.807) is 0 Å². The van der Waals surface area contributed by atoms with E-state index in [-0.39, 0.29) is 0 Å². The molecule has 0 unspecified atom stereocenters. The Hall–Kier alpha value is -2.86. The molecule has 0 saturated heterocycles. The first-order valence-corrected chi connectivity index (χ1v) is 24.2. The van der Waals surface area contributed by atoms with Gasteiger partial charge in [0.15, 0.2) is 0 Å². The van der Waals surface area contributed by atoms with Crippen LogP contribution in [0.2, 0.25) is 3.98 Å². The van der Waals surface area contributed by atoms with Crippen LogP contribution in [0.15, 0.2) is 93.4 Å². The van der Waals surface area contributed by atoms with Crippen LogP contribution in [-0.2, 0) is 25.7 Å². The van der Waals surface area contributed by atoms with Gasteiger partial charge in [0, 0.05) is 0 Å². The van der Waals surface area contributed by atoms with Crippen LogP contribution >= 0.6 is 0 Å². The topological polar surface area (TPSA) is 35.9 Å². The third-order valence-corrected chi connectivity index (χ3v) is 13.7. The maximum absolute atomic E-state index is 11.8. The molecule has 0 saturated carbocycles. The normalized spacial score (nSPS) is 21.3. The third-order valence-electron chi connectivity index (χ3n) is 11.9. The average Bonchev–Trinajstić information content (AvgIpc) is 3.18. The second-order valence-corrected chi connectivity index (χ2v) is 18.6. The van der Waals surface area contributed by atoms with E-state index < -0.39 is 0 Å². The molecule has 0 bridgehead atoms. The number of ether oxygens (including phenoxy) is 1. The molecule has 1 N–H and O–H groups in total. The molecule has 1 aliphatic carbocycles.